The largest absolute Gasteiger partial charge is 0.495 e. The molecular weight excluding hydrogens is 316 g/mol. The van der Waals surface area contributed by atoms with Gasteiger partial charge in [0.2, 0.25) is 15.9 Å². The molecule has 8 heteroatoms. The number of carbonyl (C=O) groups excluding carboxylic acids is 1. The quantitative estimate of drug-likeness (QED) is 0.820. The van der Waals surface area contributed by atoms with E-state index in [0.29, 0.717) is 11.4 Å². The fourth-order valence-electron chi connectivity index (χ4n) is 1.97. The van der Waals surface area contributed by atoms with Gasteiger partial charge in [0.1, 0.15) is 11.8 Å². The second kappa shape index (κ2) is 6.53. The third kappa shape index (κ3) is 4.01. The van der Waals surface area contributed by atoms with E-state index < -0.39 is 16.1 Å². The summed E-state index contributed by atoms with van der Waals surface area (Å²) in [7, 11) is 0.959. The summed E-state index contributed by atoms with van der Waals surface area (Å²) < 4.78 is 30.2. The van der Waals surface area contributed by atoms with Crippen LogP contribution in [0.15, 0.2) is 18.2 Å². The number of hydrogen-bond acceptors (Lipinski definition) is 4. The lowest BCUT2D eigenvalue weighted by molar-refractivity contribution is -0.129. The first-order valence-electron chi connectivity index (χ1n) is 6.13. The molecule has 1 rings (SSSR count). The van der Waals surface area contributed by atoms with Gasteiger partial charge in [-0.25, -0.2) is 8.42 Å². The fraction of sp³-hybridized carbons (Fsp3) is 0.462. The number of methoxy groups -OCH3 is 1. The molecule has 0 aromatic heterocycles. The Morgan fingerprint density at radius 3 is 2.29 bits per heavy atom. The van der Waals surface area contributed by atoms with E-state index in [2.05, 4.69) is 0 Å². The number of halogens is 1. The number of carbonyl (C=O) groups is 1. The molecule has 1 aromatic carbocycles. The van der Waals surface area contributed by atoms with E-state index in [1.54, 1.807) is 26.2 Å². The number of hydrogen-bond donors (Lipinski definition) is 0. The summed E-state index contributed by atoms with van der Waals surface area (Å²) in [6, 6.07) is 3.69. The molecule has 1 amide bonds. The molecule has 0 heterocycles. The smallest absolute Gasteiger partial charge is 0.245 e. The number of anilines is 1. The van der Waals surface area contributed by atoms with Crippen LogP contribution in [0.5, 0.6) is 5.75 Å². The van der Waals surface area contributed by atoms with Gasteiger partial charge in [0, 0.05) is 14.1 Å². The Bertz CT molecular complexity index is 631. The molecule has 0 saturated carbocycles. The molecule has 0 fully saturated rings. The first-order valence-corrected chi connectivity index (χ1v) is 8.36. The Labute approximate surface area is 130 Å². The van der Waals surface area contributed by atoms with Crippen molar-refractivity contribution in [3.8, 4) is 5.75 Å². The van der Waals surface area contributed by atoms with Gasteiger partial charge in [-0.15, -0.1) is 0 Å². The highest BCUT2D eigenvalue weighted by atomic mass is 35.5. The van der Waals surface area contributed by atoms with Crippen molar-refractivity contribution < 1.29 is 17.9 Å². The zero-order chi connectivity index (χ0) is 16.4. The molecule has 1 atom stereocenters. The van der Waals surface area contributed by atoms with E-state index in [4.69, 9.17) is 16.3 Å². The van der Waals surface area contributed by atoms with E-state index >= 15 is 0 Å². The number of ether oxygens (including phenoxy) is 1. The number of sulfonamides is 1. The summed E-state index contributed by atoms with van der Waals surface area (Å²) in [5.74, 6) is 0.104. The second-order valence-corrected chi connectivity index (χ2v) is 7.05. The minimum absolute atomic E-state index is 0.271. The van der Waals surface area contributed by atoms with Gasteiger partial charge in [-0.3, -0.25) is 9.10 Å². The van der Waals surface area contributed by atoms with Crippen molar-refractivity contribution in [3.05, 3.63) is 23.2 Å². The highest BCUT2D eigenvalue weighted by molar-refractivity contribution is 7.92. The van der Waals surface area contributed by atoms with E-state index in [1.807, 2.05) is 0 Å². The Morgan fingerprint density at radius 2 is 1.90 bits per heavy atom. The molecule has 0 N–H and O–H groups in total. The van der Waals surface area contributed by atoms with E-state index in [0.717, 1.165) is 10.6 Å². The minimum Gasteiger partial charge on any atom is -0.495 e. The molecule has 0 radical (unpaired) electrons. The zero-order valence-corrected chi connectivity index (χ0v) is 14.2. The molecule has 1 aromatic rings. The third-order valence-corrected chi connectivity index (χ3v) is 4.43. The van der Waals surface area contributed by atoms with Crippen molar-refractivity contribution in [2.45, 2.75) is 13.0 Å². The standard InChI is InChI=1S/C13H19ClN2O4S/c1-9(13(17)15(2)3)16(21(5,18)19)10-6-7-12(20-4)11(14)8-10/h6-9H,1-5H3/t9-/m1/s1. The van der Waals surface area contributed by atoms with Gasteiger partial charge in [-0.2, -0.15) is 0 Å². The van der Waals surface area contributed by atoms with Gasteiger partial charge >= 0.3 is 0 Å². The van der Waals surface area contributed by atoms with Crippen molar-refractivity contribution in [1.82, 2.24) is 4.90 Å². The summed E-state index contributed by atoms with van der Waals surface area (Å²) in [6.45, 7) is 1.53. The van der Waals surface area contributed by atoms with Crippen LogP contribution in [-0.4, -0.2) is 52.7 Å². The molecule has 0 aliphatic heterocycles. The maximum atomic E-state index is 12.1. The summed E-state index contributed by atoms with van der Waals surface area (Å²) in [4.78, 5) is 13.4. The van der Waals surface area contributed by atoms with Gasteiger partial charge in [-0.1, -0.05) is 11.6 Å². The van der Waals surface area contributed by atoms with Crippen molar-refractivity contribution in [3.63, 3.8) is 0 Å². The molecule has 21 heavy (non-hydrogen) atoms. The van der Waals surface area contributed by atoms with Crippen LogP contribution >= 0.6 is 11.6 Å². The van der Waals surface area contributed by atoms with E-state index in [9.17, 15) is 13.2 Å². The van der Waals surface area contributed by atoms with Crippen LogP contribution in [0.4, 0.5) is 5.69 Å². The van der Waals surface area contributed by atoms with E-state index in [-0.39, 0.29) is 10.9 Å². The van der Waals surface area contributed by atoms with Crippen LogP contribution in [-0.2, 0) is 14.8 Å². The predicted molar refractivity (Wildman–Crippen MR) is 83.5 cm³/mol. The van der Waals surface area contributed by atoms with Crippen LogP contribution in [0.1, 0.15) is 6.92 Å². The number of amides is 1. The third-order valence-electron chi connectivity index (χ3n) is 2.90. The predicted octanol–water partition coefficient (Wildman–Crippen LogP) is 1.59. The Balaban J connectivity index is 3.34. The molecule has 0 aliphatic carbocycles. The first kappa shape index (κ1) is 17.6. The lowest BCUT2D eigenvalue weighted by Crippen LogP contribution is -2.47. The fourth-order valence-corrected chi connectivity index (χ4v) is 3.38. The number of benzene rings is 1. The first-order chi connectivity index (χ1) is 9.59. The van der Waals surface area contributed by atoms with Crippen LogP contribution in [0.25, 0.3) is 0 Å². The van der Waals surface area contributed by atoms with Gasteiger partial charge in [-0.05, 0) is 25.1 Å². The van der Waals surface area contributed by atoms with Gasteiger partial charge in [0.25, 0.3) is 0 Å². The van der Waals surface area contributed by atoms with Crippen LogP contribution in [0.2, 0.25) is 5.02 Å². The van der Waals surface area contributed by atoms with Crippen molar-refractivity contribution in [1.29, 1.82) is 0 Å². The molecule has 0 saturated heterocycles. The maximum Gasteiger partial charge on any atom is 0.245 e. The van der Waals surface area contributed by atoms with Gasteiger partial charge < -0.3 is 9.64 Å². The molecule has 0 aliphatic rings. The molecule has 0 bridgehead atoms. The summed E-state index contributed by atoms with van der Waals surface area (Å²) in [6.07, 6.45) is 1.05. The number of nitrogens with zero attached hydrogens (tertiary/aromatic N) is 2. The van der Waals surface area contributed by atoms with Crippen molar-refractivity contribution in [2.24, 2.45) is 0 Å². The van der Waals surface area contributed by atoms with Crippen LogP contribution in [0.3, 0.4) is 0 Å². The Hall–Kier alpha value is -1.47. The van der Waals surface area contributed by atoms with Gasteiger partial charge in [0.05, 0.1) is 24.1 Å². The summed E-state index contributed by atoms with van der Waals surface area (Å²) in [5, 5.41) is 0.271. The highest BCUT2D eigenvalue weighted by Gasteiger charge is 2.30. The van der Waals surface area contributed by atoms with Gasteiger partial charge in [0.15, 0.2) is 0 Å². The maximum absolute atomic E-state index is 12.1. The molecular formula is C13H19ClN2O4S. The highest BCUT2D eigenvalue weighted by Crippen LogP contribution is 2.31. The monoisotopic (exact) mass is 334 g/mol. The van der Waals surface area contributed by atoms with Crippen molar-refractivity contribution in [2.75, 3.05) is 31.8 Å². The Morgan fingerprint density at radius 1 is 1.33 bits per heavy atom. The molecule has 118 valence electrons. The van der Waals surface area contributed by atoms with Crippen LogP contribution in [0, 0.1) is 0 Å². The van der Waals surface area contributed by atoms with E-state index in [1.165, 1.54) is 25.0 Å². The number of likely N-dealkylation sites (N-methyl/N-ethyl adjacent to an activating group) is 1. The van der Waals surface area contributed by atoms with Crippen molar-refractivity contribution >= 4 is 33.2 Å². The summed E-state index contributed by atoms with van der Waals surface area (Å²) >= 11 is 6.03. The molecule has 0 unspecified atom stereocenters. The second-order valence-electron chi connectivity index (χ2n) is 4.79. The topological polar surface area (TPSA) is 66.9 Å². The lowest BCUT2D eigenvalue weighted by Gasteiger charge is -2.30. The number of rotatable bonds is 5. The van der Waals surface area contributed by atoms with Crippen LogP contribution < -0.4 is 9.04 Å². The zero-order valence-electron chi connectivity index (χ0n) is 12.6. The SMILES string of the molecule is COc1ccc(N([C@H](C)C(=O)N(C)C)S(C)(=O)=O)cc1Cl. The average molecular weight is 335 g/mol. The average Bonchev–Trinajstić information content (AvgIpc) is 2.36. The lowest BCUT2D eigenvalue weighted by atomic mass is 10.2. The normalized spacial score (nSPS) is 12.7. The Kier molecular flexibility index (Phi) is 5.47. The minimum atomic E-state index is -3.65. The summed E-state index contributed by atoms with van der Waals surface area (Å²) in [5.41, 5.74) is 0.311. The molecule has 0 spiro atoms. The molecule has 6 nitrogen and oxygen atoms in total.